The number of rotatable bonds is 11. The minimum atomic E-state index is -0.169. The Balaban J connectivity index is 1.57. The Bertz CT molecular complexity index is 1020. The van der Waals surface area contributed by atoms with E-state index in [0.717, 1.165) is 41.2 Å². The number of ether oxygens (including phenoxy) is 2. The van der Waals surface area contributed by atoms with E-state index < -0.39 is 0 Å². The summed E-state index contributed by atoms with van der Waals surface area (Å²) in [5.41, 5.74) is 2.99. The Hall–Kier alpha value is -3.11. The highest BCUT2D eigenvalue weighted by Gasteiger charge is 2.30. The Labute approximate surface area is 203 Å². The molecule has 178 valence electrons. The van der Waals surface area contributed by atoms with Crippen LogP contribution in [0.5, 0.6) is 11.5 Å². The first kappa shape index (κ1) is 24.0. The summed E-state index contributed by atoms with van der Waals surface area (Å²) in [7, 11) is 1.67. The lowest BCUT2D eigenvalue weighted by atomic mass is 9.76. The van der Waals surface area contributed by atoms with E-state index in [1.807, 2.05) is 54.6 Å². The molecule has 0 N–H and O–H groups in total. The first-order valence-corrected chi connectivity index (χ1v) is 12.4. The standard InChI is InChI=1S/C30H35NO3/c1-3-28(30(32)25-9-5-4-6-10-25)29(23-11-15-26(33-2)16-12-23)24-13-17-27(18-14-24)34-22-21-31-19-7-8-20-31/h4-6,9-18,28-29H,3,7-8,19-22H2,1-2H3. The van der Waals surface area contributed by atoms with Crippen molar-refractivity contribution in [3.63, 3.8) is 0 Å². The summed E-state index contributed by atoms with van der Waals surface area (Å²) in [6.07, 6.45) is 3.34. The quantitative estimate of drug-likeness (QED) is 0.321. The molecule has 0 aromatic heterocycles. The Morgan fingerprint density at radius 1 is 0.853 bits per heavy atom. The zero-order valence-electron chi connectivity index (χ0n) is 20.3. The van der Waals surface area contributed by atoms with E-state index in [1.54, 1.807) is 7.11 Å². The van der Waals surface area contributed by atoms with Crippen molar-refractivity contribution in [2.24, 2.45) is 5.92 Å². The summed E-state index contributed by atoms with van der Waals surface area (Å²) >= 11 is 0. The molecule has 4 nitrogen and oxygen atoms in total. The Morgan fingerprint density at radius 2 is 1.44 bits per heavy atom. The molecule has 0 radical (unpaired) electrons. The molecule has 4 heteroatoms. The first-order chi connectivity index (χ1) is 16.7. The molecule has 3 aromatic carbocycles. The number of Topliss-reactive ketones (excluding diaryl/α,β-unsaturated/α-hetero) is 1. The monoisotopic (exact) mass is 457 g/mol. The van der Waals surface area contributed by atoms with Gasteiger partial charge in [0, 0.05) is 23.9 Å². The van der Waals surface area contributed by atoms with Gasteiger partial charge < -0.3 is 9.47 Å². The maximum atomic E-state index is 13.6. The maximum absolute atomic E-state index is 13.6. The van der Waals surface area contributed by atoms with E-state index in [1.165, 1.54) is 25.9 Å². The van der Waals surface area contributed by atoms with Gasteiger partial charge in [-0.2, -0.15) is 0 Å². The lowest BCUT2D eigenvalue weighted by Crippen LogP contribution is -2.25. The second kappa shape index (κ2) is 11.8. The highest BCUT2D eigenvalue weighted by molar-refractivity contribution is 5.98. The molecule has 0 bridgehead atoms. The van der Waals surface area contributed by atoms with Crippen LogP contribution in [-0.2, 0) is 0 Å². The highest BCUT2D eigenvalue weighted by Crippen LogP contribution is 2.37. The number of methoxy groups -OCH3 is 1. The molecule has 1 saturated heterocycles. The number of ketones is 1. The lowest BCUT2D eigenvalue weighted by Gasteiger charge is -2.27. The third kappa shape index (κ3) is 5.87. The van der Waals surface area contributed by atoms with Crippen molar-refractivity contribution in [1.29, 1.82) is 0 Å². The highest BCUT2D eigenvalue weighted by atomic mass is 16.5. The molecule has 0 spiro atoms. The van der Waals surface area contributed by atoms with Crippen molar-refractivity contribution in [3.8, 4) is 11.5 Å². The van der Waals surface area contributed by atoms with Crippen LogP contribution in [0.4, 0.5) is 0 Å². The predicted octanol–water partition coefficient (Wildman–Crippen LogP) is 6.21. The lowest BCUT2D eigenvalue weighted by molar-refractivity contribution is 0.0904. The van der Waals surface area contributed by atoms with Crippen molar-refractivity contribution in [3.05, 3.63) is 95.6 Å². The second-order valence-electron chi connectivity index (χ2n) is 8.96. The van der Waals surface area contributed by atoms with Gasteiger partial charge in [-0.1, -0.05) is 61.5 Å². The van der Waals surface area contributed by atoms with E-state index >= 15 is 0 Å². The van der Waals surface area contributed by atoms with Gasteiger partial charge in [0.25, 0.3) is 0 Å². The van der Waals surface area contributed by atoms with E-state index in [2.05, 4.69) is 36.1 Å². The molecular weight excluding hydrogens is 422 g/mol. The van der Waals surface area contributed by atoms with Gasteiger partial charge >= 0.3 is 0 Å². The third-order valence-corrected chi connectivity index (χ3v) is 6.83. The van der Waals surface area contributed by atoms with Crippen LogP contribution in [0, 0.1) is 5.92 Å². The van der Waals surface area contributed by atoms with Gasteiger partial charge in [0.15, 0.2) is 5.78 Å². The molecule has 2 unspecified atom stereocenters. The van der Waals surface area contributed by atoms with E-state index in [-0.39, 0.29) is 17.6 Å². The van der Waals surface area contributed by atoms with Gasteiger partial charge in [-0.15, -0.1) is 0 Å². The van der Waals surface area contributed by atoms with Crippen molar-refractivity contribution < 1.29 is 14.3 Å². The topological polar surface area (TPSA) is 38.8 Å². The van der Waals surface area contributed by atoms with Gasteiger partial charge in [-0.3, -0.25) is 9.69 Å². The van der Waals surface area contributed by atoms with Crippen LogP contribution < -0.4 is 9.47 Å². The van der Waals surface area contributed by atoms with Crippen LogP contribution in [0.3, 0.4) is 0 Å². The van der Waals surface area contributed by atoms with Crippen LogP contribution in [0.25, 0.3) is 0 Å². The smallest absolute Gasteiger partial charge is 0.166 e. The molecule has 34 heavy (non-hydrogen) atoms. The maximum Gasteiger partial charge on any atom is 0.166 e. The number of carbonyl (C=O) groups excluding carboxylic acids is 1. The Morgan fingerprint density at radius 3 is 2.00 bits per heavy atom. The van der Waals surface area contributed by atoms with Crippen LogP contribution in [0.2, 0.25) is 0 Å². The molecule has 3 aromatic rings. The molecule has 2 atom stereocenters. The zero-order valence-corrected chi connectivity index (χ0v) is 20.3. The molecule has 0 saturated carbocycles. The minimum absolute atomic E-state index is 0.0535. The molecular formula is C30H35NO3. The normalized spacial score (nSPS) is 15.6. The fourth-order valence-electron chi connectivity index (χ4n) is 4.93. The van der Waals surface area contributed by atoms with Crippen molar-refractivity contribution >= 4 is 5.78 Å². The zero-order chi connectivity index (χ0) is 23.8. The van der Waals surface area contributed by atoms with Crippen LogP contribution in [-0.4, -0.2) is 44.0 Å². The van der Waals surface area contributed by atoms with Gasteiger partial charge in [0.2, 0.25) is 0 Å². The molecule has 1 heterocycles. The SMILES string of the molecule is CCC(C(=O)c1ccccc1)C(c1ccc(OC)cc1)c1ccc(OCCN2CCCC2)cc1. The summed E-state index contributed by atoms with van der Waals surface area (Å²) in [5, 5.41) is 0. The fourth-order valence-corrected chi connectivity index (χ4v) is 4.93. The number of hydrogen-bond acceptors (Lipinski definition) is 4. The van der Waals surface area contributed by atoms with Gasteiger partial charge in [0.1, 0.15) is 18.1 Å². The summed E-state index contributed by atoms with van der Waals surface area (Å²) in [6, 6.07) is 26.0. The molecule has 0 aliphatic carbocycles. The summed E-state index contributed by atoms with van der Waals surface area (Å²) in [4.78, 5) is 16.0. The van der Waals surface area contributed by atoms with Crippen molar-refractivity contribution in [1.82, 2.24) is 4.90 Å². The molecule has 1 fully saturated rings. The van der Waals surface area contributed by atoms with Crippen molar-refractivity contribution in [2.75, 3.05) is 33.4 Å². The average Bonchev–Trinajstić information content (AvgIpc) is 3.42. The molecule has 1 aliphatic heterocycles. The number of nitrogens with zero attached hydrogens (tertiary/aromatic N) is 1. The average molecular weight is 458 g/mol. The summed E-state index contributed by atoms with van der Waals surface area (Å²) < 4.78 is 11.4. The van der Waals surface area contributed by atoms with E-state index in [0.29, 0.717) is 6.61 Å². The second-order valence-corrected chi connectivity index (χ2v) is 8.96. The number of likely N-dealkylation sites (tertiary alicyclic amines) is 1. The molecule has 0 amide bonds. The van der Waals surface area contributed by atoms with Gasteiger partial charge in [-0.05, 0) is 67.7 Å². The number of hydrogen-bond donors (Lipinski definition) is 0. The Kier molecular flexibility index (Phi) is 8.37. The number of benzene rings is 3. The minimum Gasteiger partial charge on any atom is -0.497 e. The van der Waals surface area contributed by atoms with Crippen LogP contribution >= 0.6 is 0 Å². The van der Waals surface area contributed by atoms with Crippen molar-refractivity contribution in [2.45, 2.75) is 32.1 Å². The van der Waals surface area contributed by atoms with Gasteiger partial charge in [0.05, 0.1) is 7.11 Å². The van der Waals surface area contributed by atoms with E-state index in [4.69, 9.17) is 9.47 Å². The van der Waals surface area contributed by atoms with E-state index in [9.17, 15) is 4.79 Å². The van der Waals surface area contributed by atoms with Gasteiger partial charge in [-0.25, -0.2) is 0 Å². The molecule has 4 rings (SSSR count). The van der Waals surface area contributed by atoms with Crippen LogP contribution in [0.15, 0.2) is 78.9 Å². The summed E-state index contributed by atoms with van der Waals surface area (Å²) in [5.74, 6) is 1.64. The fraction of sp³-hybridized carbons (Fsp3) is 0.367. The number of carbonyl (C=O) groups is 1. The molecule has 1 aliphatic rings. The van der Waals surface area contributed by atoms with Crippen LogP contribution in [0.1, 0.15) is 53.6 Å². The summed E-state index contributed by atoms with van der Waals surface area (Å²) in [6.45, 7) is 6.13. The third-order valence-electron chi connectivity index (χ3n) is 6.83. The largest absolute Gasteiger partial charge is 0.497 e. The predicted molar refractivity (Wildman–Crippen MR) is 137 cm³/mol. The first-order valence-electron chi connectivity index (χ1n) is 12.4.